The zero-order valence-corrected chi connectivity index (χ0v) is 10.7. The van der Waals surface area contributed by atoms with E-state index in [4.69, 9.17) is 4.74 Å². The quantitative estimate of drug-likeness (QED) is 0.799. The molecule has 98 valence electrons. The third-order valence-electron chi connectivity index (χ3n) is 5.08. The zero-order chi connectivity index (χ0) is 11.7. The third kappa shape index (κ3) is 2.25. The van der Waals surface area contributed by atoms with Gasteiger partial charge in [0.1, 0.15) is 0 Å². The van der Waals surface area contributed by atoms with Crippen LogP contribution in [0, 0.1) is 0 Å². The molecule has 1 N–H and O–H groups in total. The SMILES string of the molecule is OCC1CCCCN1C1CCOC2(CCC2)C1. The fraction of sp³-hybridized carbons (Fsp3) is 1.00. The van der Waals surface area contributed by atoms with Crippen molar-refractivity contribution < 1.29 is 9.84 Å². The average molecular weight is 239 g/mol. The summed E-state index contributed by atoms with van der Waals surface area (Å²) in [5, 5.41) is 9.52. The maximum absolute atomic E-state index is 9.52. The van der Waals surface area contributed by atoms with Gasteiger partial charge < -0.3 is 9.84 Å². The summed E-state index contributed by atoms with van der Waals surface area (Å²) in [5.41, 5.74) is 0.236. The van der Waals surface area contributed by atoms with Gasteiger partial charge in [0.25, 0.3) is 0 Å². The Morgan fingerprint density at radius 3 is 2.76 bits per heavy atom. The van der Waals surface area contributed by atoms with E-state index in [0.29, 0.717) is 18.7 Å². The van der Waals surface area contributed by atoms with Crippen LogP contribution in [0.4, 0.5) is 0 Å². The fourth-order valence-corrected chi connectivity index (χ4v) is 3.90. The average Bonchev–Trinajstić information content (AvgIpc) is 2.37. The molecule has 2 saturated heterocycles. The molecule has 0 radical (unpaired) electrons. The maximum atomic E-state index is 9.52. The Labute approximate surface area is 104 Å². The van der Waals surface area contributed by atoms with E-state index in [2.05, 4.69) is 4.90 Å². The summed E-state index contributed by atoms with van der Waals surface area (Å²) in [5.74, 6) is 0. The smallest absolute Gasteiger partial charge is 0.0697 e. The Morgan fingerprint density at radius 2 is 2.06 bits per heavy atom. The Morgan fingerprint density at radius 1 is 1.18 bits per heavy atom. The van der Waals surface area contributed by atoms with Crippen molar-refractivity contribution in [2.45, 2.75) is 69.1 Å². The van der Waals surface area contributed by atoms with Crippen molar-refractivity contribution in [1.82, 2.24) is 4.90 Å². The number of nitrogens with zero attached hydrogens (tertiary/aromatic N) is 1. The van der Waals surface area contributed by atoms with Crippen LogP contribution in [0.5, 0.6) is 0 Å². The van der Waals surface area contributed by atoms with Gasteiger partial charge in [-0.1, -0.05) is 6.42 Å². The second-order valence-electron chi connectivity index (χ2n) is 6.10. The lowest BCUT2D eigenvalue weighted by Crippen LogP contribution is -2.56. The van der Waals surface area contributed by atoms with E-state index >= 15 is 0 Å². The van der Waals surface area contributed by atoms with Crippen LogP contribution in [0.15, 0.2) is 0 Å². The van der Waals surface area contributed by atoms with E-state index in [0.717, 1.165) is 13.0 Å². The first-order valence-electron chi connectivity index (χ1n) is 7.34. The normalized spacial score (nSPS) is 37.9. The van der Waals surface area contributed by atoms with Gasteiger partial charge in [0, 0.05) is 18.7 Å². The molecule has 3 heteroatoms. The Bertz CT molecular complexity index is 265. The molecule has 0 amide bonds. The van der Waals surface area contributed by atoms with Gasteiger partial charge >= 0.3 is 0 Å². The van der Waals surface area contributed by atoms with Gasteiger partial charge in [-0.3, -0.25) is 4.90 Å². The van der Waals surface area contributed by atoms with Crippen molar-refractivity contribution in [3.63, 3.8) is 0 Å². The standard InChI is InChI=1S/C14H25NO2/c16-11-13-4-1-2-8-15(13)12-5-9-17-14(10-12)6-3-7-14/h12-13,16H,1-11H2. The number of aliphatic hydroxyl groups excluding tert-OH is 1. The third-order valence-corrected chi connectivity index (χ3v) is 5.08. The molecule has 3 aliphatic rings. The lowest BCUT2D eigenvalue weighted by Gasteiger charge is -2.51. The predicted molar refractivity (Wildman–Crippen MR) is 67.0 cm³/mol. The molecule has 1 spiro atoms. The van der Waals surface area contributed by atoms with Crippen molar-refractivity contribution in [1.29, 1.82) is 0 Å². The summed E-state index contributed by atoms with van der Waals surface area (Å²) >= 11 is 0. The van der Waals surface area contributed by atoms with Crippen LogP contribution in [0.25, 0.3) is 0 Å². The molecule has 0 bridgehead atoms. The number of piperidine rings is 1. The first-order chi connectivity index (χ1) is 8.33. The second-order valence-corrected chi connectivity index (χ2v) is 6.10. The minimum Gasteiger partial charge on any atom is -0.395 e. The molecule has 1 aliphatic carbocycles. The highest BCUT2D eigenvalue weighted by Crippen LogP contribution is 2.44. The minimum absolute atomic E-state index is 0.236. The van der Waals surface area contributed by atoms with Crippen molar-refractivity contribution in [3.8, 4) is 0 Å². The van der Waals surface area contributed by atoms with Gasteiger partial charge in [0.2, 0.25) is 0 Å². The highest BCUT2D eigenvalue weighted by molar-refractivity contribution is 4.98. The van der Waals surface area contributed by atoms with Crippen LogP contribution < -0.4 is 0 Å². The van der Waals surface area contributed by atoms with E-state index in [1.165, 1.54) is 51.5 Å². The van der Waals surface area contributed by atoms with Crippen LogP contribution >= 0.6 is 0 Å². The van der Waals surface area contributed by atoms with Crippen molar-refractivity contribution in [2.24, 2.45) is 0 Å². The van der Waals surface area contributed by atoms with Gasteiger partial charge in [0.15, 0.2) is 0 Å². The minimum atomic E-state index is 0.236. The number of likely N-dealkylation sites (tertiary alicyclic amines) is 1. The van der Waals surface area contributed by atoms with Crippen LogP contribution in [-0.2, 0) is 4.74 Å². The molecule has 0 aromatic heterocycles. The van der Waals surface area contributed by atoms with E-state index in [1.807, 2.05) is 0 Å². The molecule has 0 aromatic carbocycles. The van der Waals surface area contributed by atoms with E-state index in [9.17, 15) is 5.11 Å². The van der Waals surface area contributed by atoms with Gasteiger partial charge in [0.05, 0.1) is 12.2 Å². The van der Waals surface area contributed by atoms with Gasteiger partial charge in [-0.15, -0.1) is 0 Å². The fourth-order valence-electron chi connectivity index (χ4n) is 3.90. The van der Waals surface area contributed by atoms with Crippen molar-refractivity contribution in [3.05, 3.63) is 0 Å². The summed E-state index contributed by atoms with van der Waals surface area (Å²) in [4.78, 5) is 2.59. The Kier molecular flexibility index (Phi) is 3.42. The van der Waals surface area contributed by atoms with E-state index in [-0.39, 0.29) is 5.60 Å². The molecule has 1 saturated carbocycles. The molecule has 0 aromatic rings. The predicted octanol–water partition coefficient (Wildman–Crippen LogP) is 1.93. The summed E-state index contributed by atoms with van der Waals surface area (Å²) in [7, 11) is 0. The lowest BCUT2D eigenvalue weighted by molar-refractivity contribution is -0.155. The van der Waals surface area contributed by atoms with Crippen LogP contribution in [0.3, 0.4) is 0 Å². The number of hydrogen-bond donors (Lipinski definition) is 1. The molecule has 3 fully saturated rings. The Balaban J connectivity index is 1.65. The summed E-state index contributed by atoms with van der Waals surface area (Å²) in [6.45, 7) is 2.45. The molecular formula is C14H25NO2. The molecule has 3 nitrogen and oxygen atoms in total. The lowest BCUT2D eigenvalue weighted by atomic mass is 9.73. The monoisotopic (exact) mass is 239 g/mol. The van der Waals surface area contributed by atoms with Crippen molar-refractivity contribution >= 4 is 0 Å². The molecular weight excluding hydrogens is 214 g/mol. The van der Waals surface area contributed by atoms with Crippen LogP contribution in [-0.4, -0.2) is 47.4 Å². The van der Waals surface area contributed by atoms with Gasteiger partial charge in [-0.05, 0) is 51.5 Å². The number of ether oxygens (including phenoxy) is 1. The van der Waals surface area contributed by atoms with Crippen LogP contribution in [0.2, 0.25) is 0 Å². The highest BCUT2D eigenvalue weighted by atomic mass is 16.5. The molecule has 17 heavy (non-hydrogen) atoms. The second kappa shape index (κ2) is 4.87. The van der Waals surface area contributed by atoms with Gasteiger partial charge in [-0.25, -0.2) is 0 Å². The molecule has 2 atom stereocenters. The molecule has 2 aliphatic heterocycles. The van der Waals surface area contributed by atoms with E-state index < -0.39 is 0 Å². The summed E-state index contributed by atoms with van der Waals surface area (Å²) < 4.78 is 6.00. The van der Waals surface area contributed by atoms with Crippen molar-refractivity contribution in [2.75, 3.05) is 19.8 Å². The van der Waals surface area contributed by atoms with Crippen LogP contribution in [0.1, 0.15) is 51.4 Å². The number of hydrogen-bond acceptors (Lipinski definition) is 3. The molecule has 3 rings (SSSR count). The maximum Gasteiger partial charge on any atom is 0.0697 e. The van der Waals surface area contributed by atoms with Gasteiger partial charge in [-0.2, -0.15) is 0 Å². The topological polar surface area (TPSA) is 32.7 Å². The molecule has 2 heterocycles. The summed E-state index contributed by atoms with van der Waals surface area (Å²) in [6.07, 6.45) is 10.0. The van der Waals surface area contributed by atoms with E-state index in [1.54, 1.807) is 0 Å². The molecule has 2 unspecified atom stereocenters. The first-order valence-corrected chi connectivity index (χ1v) is 7.34. The Hall–Kier alpha value is -0.120. The first kappa shape index (κ1) is 11.9. The number of aliphatic hydroxyl groups is 1. The largest absolute Gasteiger partial charge is 0.395 e. The highest BCUT2D eigenvalue weighted by Gasteiger charge is 2.44. The summed E-state index contributed by atoms with van der Waals surface area (Å²) in [6, 6.07) is 1.09. The zero-order valence-electron chi connectivity index (χ0n) is 10.7. The number of rotatable bonds is 2.